The van der Waals surface area contributed by atoms with Gasteiger partial charge in [0, 0.05) is 5.56 Å². The van der Waals surface area contributed by atoms with Crippen LogP contribution in [0.2, 0.25) is 0 Å². The van der Waals surface area contributed by atoms with E-state index in [2.05, 4.69) is 10.6 Å². The highest BCUT2D eigenvalue weighted by Gasteiger charge is 2.30. The maximum Gasteiger partial charge on any atom is 0.416 e. The Balaban J connectivity index is 1.75. The summed E-state index contributed by atoms with van der Waals surface area (Å²) in [4.78, 5) is 23.8. The summed E-state index contributed by atoms with van der Waals surface area (Å²) in [5, 5.41) is 14.6. The normalized spacial score (nSPS) is 14.6. The van der Waals surface area contributed by atoms with Crippen LogP contribution < -0.4 is 15.4 Å². The van der Waals surface area contributed by atoms with Gasteiger partial charge in [-0.05, 0) is 35.9 Å². The fraction of sp³-hybridized carbons (Fsp3) is 0.222. The van der Waals surface area contributed by atoms with Crippen LogP contribution in [0.3, 0.4) is 0 Å². The summed E-state index contributed by atoms with van der Waals surface area (Å²) in [6.07, 6.45) is -4.47. The number of rotatable bonds is 4. The summed E-state index contributed by atoms with van der Waals surface area (Å²) in [5.41, 5.74) is 0.0482. The Morgan fingerprint density at radius 2 is 1.93 bits per heavy atom. The number of alkyl halides is 3. The number of halogens is 3. The Labute approximate surface area is 151 Å². The SMILES string of the molecule is O=C1COc2ccc(C(=O)N[C@H](CO)c3ccc(C(F)(F)F)cc3)cc2N1. The number of ether oxygens (including phenoxy) is 1. The average molecular weight is 380 g/mol. The molecule has 0 aliphatic carbocycles. The zero-order valence-electron chi connectivity index (χ0n) is 13.8. The van der Waals surface area contributed by atoms with Crippen LogP contribution in [0, 0.1) is 0 Å². The minimum atomic E-state index is -4.47. The number of aliphatic hydroxyl groups is 1. The van der Waals surface area contributed by atoms with E-state index < -0.39 is 30.3 Å². The first-order valence-electron chi connectivity index (χ1n) is 7.93. The van der Waals surface area contributed by atoms with Crippen LogP contribution in [0.25, 0.3) is 0 Å². The third kappa shape index (κ3) is 4.20. The molecule has 0 spiro atoms. The van der Waals surface area contributed by atoms with Gasteiger partial charge < -0.3 is 20.5 Å². The molecule has 1 atom stereocenters. The molecule has 1 heterocycles. The minimum Gasteiger partial charge on any atom is -0.482 e. The maximum absolute atomic E-state index is 12.6. The molecule has 0 aromatic heterocycles. The number of hydrogen-bond acceptors (Lipinski definition) is 4. The van der Waals surface area contributed by atoms with Crippen LogP contribution in [0.4, 0.5) is 18.9 Å². The molecule has 9 heteroatoms. The third-order valence-electron chi connectivity index (χ3n) is 4.00. The number of aliphatic hydroxyl groups excluding tert-OH is 1. The molecule has 0 unspecified atom stereocenters. The summed E-state index contributed by atoms with van der Waals surface area (Å²) < 4.78 is 43.1. The topological polar surface area (TPSA) is 87.7 Å². The van der Waals surface area contributed by atoms with E-state index in [-0.39, 0.29) is 18.1 Å². The Bertz CT molecular complexity index is 866. The van der Waals surface area contributed by atoms with Gasteiger partial charge in [0.15, 0.2) is 6.61 Å². The number of fused-ring (bicyclic) bond motifs is 1. The van der Waals surface area contributed by atoms with Crippen LogP contribution in [-0.2, 0) is 11.0 Å². The van der Waals surface area contributed by atoms with Crippen LogP contribution in [0.1, 0.15) is 27.5 Å². The summed E-state index contributed by atoms with van der Waals surface area (Å²) in [7, 11) is 0. The monoisotopic (exact) mass is 380 g/mol. The molecule has 0 saturated heterocycles. The van der Waals surface area contributed by atoms with Gasteiger partial charge in [-0.3, -0.25) is 9.59 Å². The highest BCUT2D eigenvalue weighted by Crippen LogP contribution is 2.30. The van der Waals surface area contributed by atoms with Crippen LogP contribution in [0.15, 0.2) is 42.5 Å². The molecule has 1 aliphatic rings. The van der Waals surface area contributed by atoms with Gasteiger partial charge in [-0.15, -0.1) is 0 Å². The number of benzene rings is 2. The van der Waals surface area contributed by atoms with E-state index in [1.165, 1.54) is 30.3 Å². The molecule has 142 valence electrons. The first kappa shape index (κ1) is 18.7. The standard InChI is InChI=1S/C18H15F3N2O4/c19-18(20,21)12-4-1-10(2-5-12)14(8-24)23-17(26)11-3-6-15-13(7-11)22-16(25)9-27-15/h1-7,14,24H,8-9H2,(H,22,25)(H,23,26)/t14-/m1/s1. The van der Waals surface area contributed by atoms with E-state index in [1.54, 1.807) is 0 Å². The molecule has 2 aromatic rings. The summed E-state index contributed by atoms with van der Waals surface area (Å²) in [6.45, 7) is -0.610. The molecule has 6 nitrogen and oxygen atoms in total. The van der Waals surface area contributed by atoms with E-state index in [9.17, 15) is 27.9 Å². The van der Waals surface area contributed by atoms with Gasteiger partial charge in [0.1, 0.15) is 5.75 Å². The number of amides is 2. The zero-order valence-corrected chi connectivity index (χ0v) is 13.8. The average Bonchev–Trinajstić information content (AvgIpc) is 2.64. The lowest BCUT2D eigenvalue weighted by Gasteiger charge is -2.20. The molecule has 0 fully saturated rings. The Hall–Kier alpha value is -3.07. The molecule has 2 amide bonds. The van der Waals surface area contributed by atoms with Gasteiger partial charge in [-0.2, -0.15) is 13.2 Å². The lowest BCUT2D eigenvalue weighted by atomic mass is 10.0. The molecule has 1 aliphatic heterocycles. The Kier molecular flexibility index (Phi) is 5.04. The van der Waals surface area contributed by atoms with Crippen molar-refractivity contribution in [1.29, 1.82) is 0 Å². The van der Waals surface area contributed by atoms with E-state index in [0.29, 0.717) is 17.0 Å². The number of anilines is 1. The van der Waals surface area contributed by atoms with E-state index in [0.717, 1.165) is 12.1 Å². The Morgan fingerprint density at radius 1 is 1.22 bits per heavy atom. The fourth-order valence-electron chi connectivity index (χ4n) is 2.60. The van der Waals surface area contributed by atoms with Crippen LogP contribution in [-0.4, -0.2) is 30.1 Å². The van der Waals surface area contributed by atoms with E-state index in [4.69, 9.17) is 4.74 Å². The van der Waals surface area contributed by atoms with Crippen molar-refractivity contribution in [2.24, 2.45) is 0 Å². The second-order valence-corrected chi connectivity index (χ2v) is 5.88. The molecule has 27 heavy (non-hydrogen) atoms. The minimum absolute atomic E-state index is 0.112. The van der Waals surface area contributed by atoms with Gasteiger partial charge in [0.05, 0.1) is 23.9 Å². The first-order chi connectivity index (χ1) is 12.8. The zero-order chi connectivity index (χ0) is 19.6. The quantitative estimate of drug-likeness (QED) is 0.761. The molecule has 3 rings (SSSR count). The molecular formula is C18H15F3N2O4. The van der Waals surface area contributed by atoms with Crippen molar-refractivity contribution in [2.45, 2.75) is 12.2 Å². The molecule has 0 radical (unpaired) electrons. The smallest absolute Gasteiger partial charge is 0.416 e. The molecule has 0 saturated carbocycles. The van der Waals surface area contributed by atoms with Crippen LogP contribution >= 0.6 is 0 Å². The van der Waals surface area contributed by atoms with Crippen LogP contribution in [0.5, 0.6) is 5.75 Å². The lowest BCUT2D eigenvalue weighted by molar-refractivity contribution is -0.137. The van der Waals surface area contributed by atoms with E-state index in [1.807, 2.05) is 0 Å². The third-order valence-corrected chi connectivity index (χ3v) is 4.00. The number of carbonyl (C=O) groups is 2. The maximum atomic E-state index is 12.6. The second-order valence-electron chi connectivity index (χ2n) is 5.88. The van der Waals surface area contributed by atoms with Crippen molar-refractivity contribution >= 4 is 17.5 Å². The van der Waals surface area contributed by atoms with Gasteiger partial charge in [-0.1, -0.05) is 12.1 Å². The summed E-state index contributed by atoms with van der Waals surface area (Å²) in [5.74, 6) is -0.484. The summed E-state index contributed by atoms with van der Waals surface area (Å²) >= 11 is 0. The van der Waals surface area contributed by atoms with Crippen molar-refractivity contribution in [1.82, 2.24) is 5.32 Å². The van der Waals surface area contributed by atoms with Gasteiger partial charge >= 0.3 is 6.18 Å². The predicted octanol–water partition coefficient (Wildman–Crippen LogP) is 2.50. The molecule has 3 N–H and O–H groups in total. The largest absolute Gasteiger partial charge is 0.482 e. The summed E-state index contributed by atoms with van der Waals surface area (Å²) in [6, 6.07) is 7.70. The molecule has 0 bridgehead atoms. The number of hydrogen-bond donors (Lipinski definition) is 3. The second kappa shape index (κ2) is 7.28. The van der Waals surface area contributed by atoms with Gasteiger partial charge in [0.2, 0.25) is 0 Å². The van der Waals surface area contributed by atoms with Crippen molar-refractivity contribution in [2.75, 3.05) is 18.5 Å². The first-order valence-corrected chi connectivity index (χ1v) is 7.93. The molecular weight excluding hydrogens is 365 g/mol. The fourth-order valence-corrected chi connectivity index (χ4v) is 2.60. The Morgan fingerprint density at radius 3 is 2.56 bits per heavy atom. The van der Waals surface area contributed by atoms with Gasteiger partial charge in [0.25, 0.3) is 11.8 Å². The van der Waals surface area contributed by atoms with Crippen molar-refractivity contribution in [3.8, 4) is 5.75 Å². The lowest BCUT2D eigenvalue weighted by Crippen LogP contribution is -2.31. The van der Waals surface area contributed by atoms with Crippen molar-refractivity contribution in [3.63, 3.8) is 0 Å². The highest BCUT2D eigenvalue weighted by molar-refractivity contribution is 6.00. The highest BCUT2D eigenvalue weighted by atomic mass is 19.4. The van der Waals surface area contributed by atoms with Crippen molar-refractivity contribution in [3.05, 3.63) is 59.2 Å². The van der Waals surface area contributed by atoms with Gasteiger partial charge in [-0.25, -0.2) is 0 Å². The number of carbonyl (C=O) groups excluding carboxylic acids is 2. The number of nitrogens with one attached hydrogen (secondary N) is 2. The van der Waals surface area contributed by atoms with Crippen molar-refractivity contribution < 1.29 is 32.6 Å². The molecule has 2 aromatic carbocycles. The van der Waals surface area contributed by atoms with E-state index >= 15 is 0 Å². The predicted molar refractivity (Wildman–Crippen MR) is 89.3 cm³/mol.